The molecule has 0 bridgehead atoms. The quantitative estimate of drug-likeness (QED) is 0.100. The Hall–Kier alpha value is -6.21. The molecular formula is C49H55F3N6O3S. The van der Waals surface area contributed by atoms with Gasteiger partial charge in [0.05, 0.1) is 5.69 Å². The molecule has 0 unspecified atom stereocenters. The number of nitrogens with zero attached hydrogens (tertiary/aromatic N) is 4. The Labute approximate surface area is 367 Å². The number of amides is 4. The van der Waals surface area contributed by atoms with Gasteiger partial charge in [-0.05, 0) is 124 Å². The van der Waals surface area contributed by atoms with Crippen LogP contribution in [0.25, 0.3) is 21.8 Å². The summed E-state index contributed by atoms with van der Waals surface area (Å²) < 4.78 is 40.8. The van der Waals surface area contributed by atoms with Gasteiger partial charge in [0, 0.05) is 65.4 Å². The molecule has 4 aromatic carbocycles. The number of anilines is 2. The zero-order valence-electron chi connectivity index (χ0n) is 36.1. The van der Waals surface area contributed by atoms with Crippen molar-refractivity contribution in [2.75, 3.05) is 10.6 Å². The van der Waals surface area contributed by atoms with E-state index in [1.165, 1.54) is 37.0 Å². The zero-order chi connectivity index (χ0) is 44.6. The number of hydrogen-bond acceptors (Lipinski definition) is 6. The summed E-state index contributed by atoms with van der Waals surface area (Å²) in [5, 5.41) is 8.75. The van der Waals surface area contributed by atoms with Crippen LogP contribution in [0.15, 0.2) is 127 Å². The summed E-state index contributed by atoms with van der Waals surface area (Å²) in [5.74, 6) is -0.349. The molecule has 0 aliphatic carbocycles. The van der Waals surface area contributed by atoms with E-state index in [1.54, 1.807) is 22.4 Å². The van der Waals surface area contributed by atoms with E-state index in [0.29, 0.717) is 18.8 Å². The van der Waals surface area contributed by atoms with Gasteiger partial charge in [0.1, 0.15) is 10.8 Å². The number of nitrogens with one attached hydrogen (secondary N) is 2. The van der Waals surface area contributed by atoms with Crippen molar-refractivity contribution in [1.82, 2.24) is 19.8 Å². The summed E-state index contributed by atoms with van der Waals surface area (Å²) in [7, 11) is 0. The lowest BCUT2D eigenvalue weighted by molar-refractivity contribution is -0.274. The highest BCUT2D eigenvalue weighted by Gasteiger charge is 2.31. The fraction of sp³-hybridized carbons (Fsp3) is 0.306. The lowest BCUT2D eigenvalue weighted by atomic mass is 10.1. The topological polar surface area (TPSA) is 99.7 Å². The van der Waals surface area contributed by atoms with Crippen LogP contribution in [-0.4, -0.2) is 50.3 Å². The van der Waals surface area contributed by atoms with Crippen LogP contribution < -0.4 is 15.4 Å². The van der Waals surface area contributed by atoms with E-state index >= 15 is 0 Å². The number of unbranched alkanes of at least 4 members (excludes halogenated alkanes) is 2. The number of benzene rings is 4. The standard InChI is InChI=1S/C25H31N3OS.C24H24F3N3O2/c1-4-5-6-8-20-11-13-23(14-12-20)27-25(29)28(19(2)3)18-21-9-7-10-22(17-21)24-26-15-16-30-24;1-16(2)30(23(31)29-20-8-10-21(11-9-20)32-24(25,26)27)15-18-5-4-6-19(13-18)22-12-7-17(3)14-28-22/h7,9-17,19H,4-6,8,18H2,1-3H3,(H,27,29);4-14,16H,15H2,1-3H3,(H,29,31). The van der Waals surface area contributed by atoms with E-state index in [1.807, 2.05) is 106 Å². The number of hydrogen-bond donors (Lipinski definition) is 2. The number of aromatic nitrogens is 2. The molecule has 4 amide bonds. The summed E-state index contributed by atoms with van der Waals surface area (Å²) in [6.07, 6.45) is 3.65. The molecule has 326 valence electrons. The Bertz CT molecular complexity index is 2300. The van der Waals surface area contributed by atoms with Crippen LogP contribution in [0.2, 0.25) is 0 Å². The number of halogens is 3. The van der Waals surface area contributed by atoms with Gasteiger partial charge < -0.3 is 25.2 Å². The summed E-state index contributed by atoms with van der Waals surface area (Å²) in [5.41, 5.74) is 8.51. The molecule has 0 saturated carbocycles. The van der Waals surface area contributed by atoms with Gasteiger partial charge in [0.25, 0.3) is 0 Å². The number of carbonyl (C=O) groups is 2. The van der Waals surface area contributed by atoms with E-state index in [4.69, 9.17) is 0 Å². The van der Waals surface area contributed by atoms with Crippen LogP contribution in [0.5, 0.6) is 5.75 Å². The second-order valence-electron chi connectivity index (χ2n) is 15.5. The maximum atomic E-state index is 13.0. The minimum Gasteiger partial charge on any atom is -0.406 e. The lowest BCUT2D eigenvalue weighted by Crippen LogP contribution is -2.39. The highest BCUT2D eigenvalue weighted by Crippen LogP contribution is 2.26. The van der Waals surface area contributed by atoms with E-state index in [-0.39, 0.29) is 29.9 Å². The second-order valence-corrected chi connectivity index (χ2v) is 16.4. The summed E-state index contributed by atoms with van der Waals surface area (Å²) >= 11 is 1.62. The van der Waals surface area contributed by atoms with Crippen molar-refractivity contribution in [2.45, 2.75) is 98.8 Å². The summed E-state index contributed by atoms with van der Waals surface area (Å²) in [6, 6.07) is 32.8. The van der Waals surface area contributed by atoms with Gasteiger partial charge in [-0.3, -0.25) is 4.98 Å². The number of thiazole rings is 1. The lowest BCUT2D eigenvalue weighted by Gasteiger charge is -2.27. The van der Waals surface area contributed by atoms with Crippen LogP contribution in [-0.2, 0) is 19.5 Å². The van der Waals surface area contributed by atoms with Crippen LogP contribution in [0.3, 0.4) is 0 Å². The smallest absolute Gasteiger partial charge is 0.406 e. The van der Waals surface area contributed by atoms with Crippen molar-refractivity contribution in [3.63, 3.8) is 0 Å². The normalized spacial score (nSPS) is 11.1. The molecule has 0 aliphatic rings. The van der Waals surface area contributed by atoms with Gasteiger partial charge in [-0.1, -0.05) is 74.4 Å². The Kier molecular flexibility index (Phi) is 17.1. The summed E-state index contributed by atoms with van der Waals surface area (Å²) in [4.78, 5) is 38.2. The van der Waals surface area contributed by atoms with Gasteiger partial charge in [0.15, 0.2) is 0 Å². The van der Waals surface area contributed by atoms with E-state index < -0.39 is 6.36 Å². The predicted octanol–water partition coefficient (Wildman–Crippen LogP) is 13.4. The third-order valence-electron chi connectivity index (χ3n) is 9.83. The van der Waals surface area contributed by atoms with Crippen molar-refractivity contribution in [3.8, 4) is 27.6 Å². The van der Waals surface area contributed by atoms with Crippen LogP contribution >= 0.6 is 11.3 Å². The molecule has 0 saturated heterocycles. The van der Waals surface area contributed by atoms with Gasteiger partial charge in [-0.2, -0.15) is 0 Å². The Balaban J connectivity index is 0.000000235. The van der Waals surface area contributed by atoms with Crippen LogP contribution in [0.4, 0.5) is 34.1 Å². The van der Waals surface area contributed by atoms with Crippen molar-refractivity contribution < 1.29 is 27.5 Å². The molecule has 6 rings (SSSR count). The van der Waals surface area contributed by atoms with E-state index in [0.717, 1.165) is 62.8 Å². The first-order valence-electron chi connectivity index (χ1n) is 20.8. The zero-order valence-corrected chi connectivity index (χ0v) is 36.9. The first-order chi connectivity index (χ1) is 29.7. The van der Waals surface area contributed by atoms with Gasteiger partial charge in [0.2, 0.25) is 0 Å². The average Bonchev–Trinajstić information content (AvgIpc) is 3.79. The molecule has 2 aromatic heterocycles. The minimum atomic E-state index is -4.76. The SMILES string of the molecule is CCCCCc1ccc(NC(=O)N(Cc2cccc(-c3nccs3)c2)C(C)C)cc1.Cc1ccc(-c2cccc(CN(C(=O)Nc3ccc(OC(F)(F)F)cc3)C(C)C)c2)nc1. The van der Waals surface area contributed by atoms with Gasteiger partial charge in [-0.15, -0.1) is 24.5 Å². The van der Waals surface area contributed by atoms with E-state index in [9.17, 15) is 22.8 Å². The molecule has 0 fully saturated rings. The third-order valence-corrected chi connectivity index (χ3v) is 10.7. The fourth-order valence-corrected chi connectivity index (χ4v) is 7.11. The number of carbonyl (C=O) groups excluding carboxylic acids is 2. The molecular weight excluding hydrogens is 810 g/mol. The largest absolute Gasteiger partial charge is 0.573 e. The fourth-order valence-electron chi connectivity index (χ4n) is 6.47. The molecule has 13 heteroatoms. The summed E-state index contributed by atoms with van der Waals surface area (Å²) in [6.45, 7) is 13.0. The van der Waals surface area contributed by atoms with Gasteiger partial charge >= 0.3 is 18.4 Å². The van der Waals surface area contributed by atoms with Gasteiger partial charge in [-0.25, -0.2) is 14.6 Å². The average molecular weight is 865 g/mol. The molecule has 2 heterocycles. The monoisotopic (exact) mass is 864 g/mol. The number of pyridine rings is 1. The van der Waals surface area contributed by atoms with Crippen LogP contribution in [0, 0.1) is 6.92 Å². The van der Waals surface area contributed by atoms with Crippen LogP contribution in [0.1, 0.15) is 76.1 Å². The molecule has 0 spiro atoms. The van der Waals surface area contributed by atoms with Crippen molar-refractivity contribution >= 4 is 34.8 Å². The Morgan fingerprint density at radius 3 is 1.77 bits per heavy atom. The number of alkyl halides is 3. The van der Waals surface area contributed by atoms with Crippen molar-refractivity contribution in [2.24, 2.45) is 0 Å². The highest BCUT2D eigenvalue weighted by atomic mass is 32.1. The first kappa shape index (κ1) is 46.8. The first-order valence-corrected chi connectivity index (χ1v) is 21.7. The predicted molar refractivity (Wildman–Crippen MR) is 244 cm³/mol. The molecule has 62 heavy (non-hydrogen) atoms. The highest BCUT2D eigenvalue weighted by molar-refractivity contribution is 7.13. The Morgan fingerprint density at radius 2 is 1.27 bits per heavy atom. The Morgan fingerprint density at radius 1 is 0.710 bits per heavy atom. The number of aryl methyl sites for hydroxylation is 2. The third kappa shape index (κ3) is 14.8. The molecule has 0 atom stereocenters. The van der Waals surface area contributed by atoms with Crippen molar-refractivity contribution in [3.05, 3.63) is 149 Å². The maximum absolute atomic E-state index is 13.0. The molecule has 0 radical (unpaired) electrons. The molecule has 2 N–H and O–H groups in total. The molecule has 6 aromatic rings. The molecule has 0 aliphatic heterocycles. The number of rotatable bonds is 15. The van der Waals surface area contributed by atoms with E-state index in [2.05, 4.69) is 62.6 Å². The molecule has 9 nitrogen and oxygen atoms in total. The number of urea groups is 2. The van der Waals surface area contributed by atoms with Crippen molar-refractivity contribution in [1.29, 1.82) is 0 Å². The second kappa shape index (κ2) is 22.6. The minimum absolute atomic E-state index is 0.0802. The maximum Gasteiger partial charge on any atom is 0.573 e. The number of ether oxygens (including phenoxy) is 1.